The minimum atomic E-state index is -0.629. The summed E-state index contributed by atoms with van der Waals surface area (Å²) in [4.78, 5) is 0. The summed E-state index contributed by atoms with van der Waals surface area (Å²) in [5.41, 5.74) is 0.389. The Kier molecular flexibility index (Phi) is 3.79. The predicted molar refractivity (Wildman–Crippen MR) is 72.1 cm³/mol. The van der Waals surface area contributed by atoms with Crippen LogP contribution in [0.25, 0.3) is 0 Å². The monoisotopic (exact) mass is 252 g/mol. The number of hydrogen-bond acceptors (Lipinski definition) is 1. The van der Waals surface area contributed by atoms with Gasteiger partial charge in [-0.1, -0.05) is 37.6 Å². The summed E-state index contributed by atoms with van der Waals surface area (Å²) in [6.45, 7) is 4.55. The topological polar surface area (TPSA) is 20.2 Å². The van der Waals surface area contributed by atoms with E-state index in [4.69, 9.17) is 11.6 Å². The molecular weight excluding hydrogens is 232 g/mol. The van der Waals surface area contributed by atoms with Gasteiger partial charge in [-0.2, -0.15) is 0 Å². The van der Waals surface area contributed by atoms with Gasteiger partial charge in [0, 0.05) is 5.02 Å². The van der Waals surface area contributed by atoms with Crippen molar-refractivity contribution in [3.63, 3.8) is 0 Å². The molecule has 0 aliphatic heterocycles. The second-order valence-corrected chi connectivity index (χ2v) is 6.06. The molecule has 0 unspecified atom stereocenters. The molecule has 2 heteroatoms. The molecule has 17 heavy (non-hydrogen) atoms. The van der Waals surface area contributed by atoms with Crippen LogP contribution in [-0.2, 0) is 5.60 Å². The fourth-order valence-corrected chi connectivity index (χ4v) is 2.96. The summed E-state index contributed by atoms with van der Waals surface area (Å²) in [7, 11) is 0. The average molecular weight is 253 g/mol. The first-order valence-corrected chi connectivity index (χ1v) is 6.87. The van der Waals surface area contributed by atoms with Crippen molar-refractivity contribution in [3.8, 4) is 0 Å². The summed E-state index contributed by atoms with van der Waals surface area (Å²) in [5.74, 6) is 1.49. The molecule has 1 aromatic rings. The number of aliphatic hydroxyl groups is 1. The molecule has 0 heterocycles. The van der Waals surface area contributed by atoms with Crippen molar-refractivity contribution in [1.29, 1.82) is 0 Å². The van der Waals surface area contributed by atoms with E-state index in [0.29, 0.717) is 0 Å². The highest BCUT2D eigenvalue weighted by atomic mass is 35.5. The second kappa shape index (κ2) is 4.99. The van der Waals surface area contributed by atoms with Gasteiger partial charge in [0.1, 0.15) is 0 Å². The maximum absolute atomic E-state index is 10.7. The lowest BCUT2D eigenvalue weighted by molar-refractivity contribution is -0.0199. The maximum atomic E-state index is 10.7. The standard InChI is InChI=1S/C15H21ClO/c1-11(2)12-7-9-15(17,10-8-12)13-3-5-14(16)6-4-13/h3-6,11-12,17H,7-10H2,1-2H3. The van der Waals surface area contributed by atoms with E-state index in [2.05, 4.69) is 13.8 Å². The highest BCUT2D eigenvalue weighted by Gasteiger charge is 2.35. The summed E-state index contributed by atoms with van der Waals surface area (Å²) in [6.07, 6.45) is 3.99. The first-order valence-electron chi connectivity index (χ1n) is 6.50. The summed E-state index contributed by atoms with van der Waals surface area (Å²) < 4.78 is 0. The van der Waals surface area contributed by atoms with Crippen molar-refractivity contribution in [2.45, 2.75) is 45.1 Å². The molecule has 0 radical (unpaired) electrons. The Bertz CT molecular complexity index is 361. The Balaban J connectivity index is 2.09. The van der Waals surface area contributed by atoms with Crippen LogP contribution in [0.5, 0.6) is 0 Å². The molecule has 1 saturated carbocycles. The van der Waals surface area contributed by atoms with Gasteiger partial charge in [-0.15, -0.1) is 0 Å². The predicted octanol–water partition coefficient (Wildman–Crippen LogP) is 4.37. The van der Waals surface area contributed by atoms with Crippen LogP contribution in [0.3, 0.4) is 0 Å². The molecule has 1 fully saturated rings. The Labute approximate surface area is 109 Å². The van der Waals surface area contributed by atoms with Crippen LogP contribution in [0.4, 0.5) is 0 Å². The maximum Gasteiger partial charge on any atom is 0.0896 e. The normalized spacial score (nSPS) is 29.6. The Morgan fingerprint density at radius 3 is 2.18 bits per heavy atom. The molecule has 0 saturated heterocycles. The fourth-order valence-electron chi connectivity index (χ4n) is 2.83. The van der Waals surface area contributed by atoms with Gasteiger partial charge in [-0.3, -0.25) is 0 Å². The molecule has 0 amide bonds. The minimum absolute atomic E-state index is 0.629. The second-order valence-electron chi connectivity index (χ2n) is 5.62. The van der Waals surface area contributed by atoms with E-state index in [1.165, 1.54) is 0 Å². The van der Waals surface area contributed by atoms with Crippen LogP contribution in [0.15, 0.2) is 24.3 Å². The van der Waals surface area contributed by atoms with Gasteiger partial charge >= 0.3 is 0 Å². The summed E-state index contributed by atoms with van der Waals surface area (Å²) >= 11 is 5.88. The fraction of sp³-hybridized carbons (Fsp3) is 0.600. The first-order chi connectivity index (χ1) is 8.01. The minimum Gasteiger partial charge on any atom is -0.385 e. The van der Waals surface area contributed by atoms with E-state index in [1.54, 1.807) is 0 Å². The SMILES string of the molecule is CC(C)C1CCC(O)(c2ccc(Cl)cc2)CC1. The van der Waals surface area contributed by atoms with E-state index in [1.807, 2.05) is 24.3 Å². The third kappa shape index (κ3) is 2.83. The van der Waals surface area contributed by atoms with Crippen molar-refractivity contribution in [2.75, 3.05) is 0 Å². The molecule has 94 valence electrons. The molecular formula is C15H21ClO. The molecule has 0 atom stereocenters. The zero-order valence-corrected chi connectivity index (χ0v) is 11.4. The van der Waals surface area contributed by atoms with E-state index in [-0.39, 0.29) is 0 Å². The van der Waals surface area contributed by atoms with Gasteiger partial charge < -0.3 is 5.11 Å². The van der Waals surface area contributed by atoms with Crippen molar-refractivity contribution in [2.24, 2.45) is 11.8 Å². The molecule has 0 spiro atoms. The van der Waals surface area contributed by atoms with Gasteiger partial charge in [0.05, 0.1) is 5.60 Å². The lowest BCUT2D eigenvalue weighted by atomic mass is 9.72. The zero-order valence-electron chi connectivity index (χ0n) is 10.6. The molecule has 0 aromatic heterocycles. The average Bonchev–Trinajstić information content (AvgIpc) is 2.30. The van der Waals surface area contributed by atoms with Crippen molar-refractivity contribution < 1.29 is 5.11 Å². The van der Waals surface area contributed by atoms with Crippen molar-refractivity contribution >= 4 is 11.6 Å². The highest BCUT2D eigenvalue weighted by molar-refractivity contribution is 6.30. The Hall–Kier alpha value is -0.530. The smallest absolute Gasteiger partial charge is 0.0896 e. The van der Waals surface area contributed by atoms with Crippen LogP contribution in [0.1, 0.15) is 45.1 Å². The quantitative estimate of drug-likeness (QED) is 0.829. The van der Waals surface area contributed by atoms with Gasteiger partial charge in [0.25, 0.3) is 0 Å². The van der Waals surface area contributed by atoms with E-state index in [0.717, 1.165) is 48.1 Å². The van der Waals surface area contributed by atoms with E-state index in [9.17, 15) is 5.11 Å². The van der Waals surface area contributed by atoms with E-state index < -0.39 is 5.60 Å². The number of rotatable bonds is 2. The lowest BCUT2D eigenvalue weighted by Gasteiger charge is -2.38. The van der Waals surface area contributed by atoms with Gasteiger partial charge in [0.2, 0.25) is 0 Å². The van der Waals surface area contributed by atoms with Crippen molar-refractivity contribution in [3.05, 3.63) is 34.9 Å². The van der Waals surface area contributed by atoms with Crippen LogP contribution >= 0.6 is 11.6 Å². The van der Waals surface area contributed by atoms with Crippen molar-refractivity contribution in [1.82, 2.24) is 0 Å². The summed E-state index contributed by atoms with van der Waals surface area (Å²) in [5, 5.41) is 11.4. The van der Waals surface area contributed by atoms with Crippen LogP contribution in [0.2, 0.25) is 5.02 Å². The Morgan fingerprint density at radius 1 is 1.18 bits per heavy atom. The van der Waals surface area contributed by atoms with Gasteiger partial charge in [-0.05, 0) is 55.2 Å². The third-order valence-electron chi connectivity index (χ3n) is 4.18. The molecule has 0 bridgehead atoms. The highest BCUT2D eigenvalue weighted by Crippen LogP contribution is 2.41. The summed E-state index contributed by atoms with van der Waals surface area (Å²) in [6, 6.07) is 7.64. The molecule has 1 N–H and O–H groups in total. The molecule has 1 aliphatic rings. The number of hydrogen-bond donors (Lipinski definition) is 1. The van der Waals surface area contributed by atoms with Crippen LogP contribution in [0, 0.1) is 11.8 Å². The molecule has 1 aromatic carbocycles. The largest absolute Gasteiger partial charge is 0.385 e. The first kappa shape index (κ1) is 12.9. The van der Waals surface area contributed by atoms with Crippen LogP contribution < -0.4 is 0 Å². The van der Waals surface area contributed by atoms with Gasteiger partial charge in [0.15, 0.2) is 0 Å². The number of halogens is 1. The molecule has 2 rings (SSSR count). The Morgan fingerprint density at radius 2 is 1.71 bits per heavy atom. The molecule has 1 aliphatic carbocycles. The van der Waals surface area contributed by atoms with Gasteiger partial charge in [-0.25, -0.2) is 0 Å². The zero-order chi connectivity index (χ0) is 12.5. The third-order valence-corrected chi connectivity index (χ3v) is 4.43. The van der Waals surface area contributed by atoms with Crippen LogP contribution in [-0.4, -0.2) is 5.11 Å². The van der Waals surface area contributed by atoms with E-state index >= 15 is 0 Å². The lowest BCUT2D eigenvalue weighted by Crippen LogP contribution is -2.32. The number of benzene rings is 1. The molecule has 1 nitrogen and oxygen atoms in total.